The molecule has 0 saturated carbocycles. The van der Waals surface area contributed by atoms with Gasteiger partial charge in [-0.3, -0.25) is 0 Å². The van der Waals surface area contributed by atoms with Crippen LogP contribution in [0.1, 0.15) is 39.5 Å². The molecule has 4 nitrogen and oxygen atoms in total. The van der Waals surface area contributed by atoms with E-state index in [1.165, 1.54) is 0 Å². The molecular weight excluding hydrogens is 304 g/mol. The molecule has 0 aliphatic carbocycles. The second-order valence-electron chi connectivity index (χ2n) is 4.93. The molecule has 0 spiro atoms. The Kier molecular flexibility index (Phi) is 6.40. The van der Waals surface area contributed by atoms with Crippen LogP contribution in [0.15, 0.2) is 0 Å². The van der Waals surface area contributed by atoms with Gasteiger partial charge in [0, 0.05) is 24.5 Å². The van der Waals surface area contributed by atoms with Gasteiger partial charge < -0.3 is 0 Å². The van der Waals surface area contributed by atoms with Crippen LogP contribution < -0.4 is 4.72 Å². The van der Waals surface area contributed by atoms with Crippen molar-refractivity contribution in [2.45, 2.75) is 44.4 Å². The van der Waals surface area contributed by atoms with E-state index in [9.17, 15) is 8.42 Å². The number of hydrogen-bond donors (Lipinski definition) is 1. The summed E-state index contributed by atoms with van der Waals surface area (Å²) in [5, 5.41) is 0. The average molecular weight is 327 g/mol. The fourth-order valence-electron chi connectivity index (χ4n) is 1.79. The van der Waals surface area contributed by atoms with E-state index < -0.39 is 10.2 Å². The van der Waals surface area contributed by atoms with Crippen LogP contribution >= 0.6 is 15.9 Å². The zero-order valence-electron chi connectivity index (χ0n) is 10.7. The van der Waals surface area contributed by atoms with Gasteiger partial charge in [0.05, 0.1) is 0 Å². The smallest absolute Gasteiger partial charge is 0.201 e. The predicted octanol–water partition coefficient (Wildman–Crippen LogP) is 2.12. The van der Waals surface area contributed by atoms with Crippen molar-refractivity contribution in [1.29, 1.82) is 0 Å². The zero-order chi connectivity index (χ0) is 12.9. The summed E-state index contributed by atoms with van der Waals surface area (Å²) in [5.41, 5.74) is 0. The highest BCUT2D eigenvalue weighted by atomic mass is 79.9. The summed E-state index contributed by atoms with van der Waals surface area (Å²) in [6.07, 6.45) is 4.23. The van der Waals surface area contributed by atoms with Gasteiger partial charge in [0.15, 0.2) is 0 Å². The Balaban J connectivity index is 2.49. The van der Waals surface area contributed by atoms with Gasteiger partial charge in [-0.05, 0) is 18.8 Å². The number of rotatable bonds is 5. The highest BCUT2D eigenvalue weighted by Crippen LogP contribution is 2.14. The third-order valence-electron chi connectivity index (χ3n) is 3.09. The van der Waals surface area contributed by atoms with Crippen molar-refractivity contribution in [1.82, 2.24) is 9.03 Å². The van der Waals surface area contributed by atoms with Crippen molar-refractivity contribution in [3.05, 3.63) is 0 Å². The summed E-state index contributed by atoms with van der Waals surface area (Å²) >= 11 is 3.49. The Bertz CT molecular complexity index is 311. The summed E-state index contributed by atoms with van der Waals surface area (Å²) < 4.78 is 28.4. The highest BCUT2D eigenvalue weighted by molar-refractivity contribution is 9.09. The first-order valence-corrected chi connectivity index (χ1v) is 8.68. The van der Waals surface area contributed by atoms with E-state index in [-0.39, 0.29) is 4.83 Å². The summed E-state index contributed by atoms with van der Waals surface area (Å²) in [5.74, 6) is 0.418. The number of nitrogens with one attached hydrogen (secondary N) is 1. The van der Waals surface area contributed by atoms with Crippen molar-refractivity contribution >= 4 is 26.1 Å². The molecule has 1 unspecified atom stereocenters. The predicted molar refractivity (Wildman–Crippen MR) is 74.5 cm³/mol. The lowest BCUT2D eigenvalue weighted by Crippen LogP contribution is -2.43. The molecule has 0 amide bonds. The summed E-state index contributed by atoms with van der Waals surface area (Å²) in [6.45, 7) is 5.91. The summed E-state index contributed by atoms with van der Waals surface area (Å²) in [6, 6.07) is 0. The molecule has 6 heteroatoms. The number of hydrogen-bond acceptors (Lipinski definition) is 2. The van der Waals surface area contributed by atoms with E-state index in [1.807, 2.05) is 0 Å². The Labute approximate surface area is 113 Å². The first-order chi connectivity index (χ1) is 7.93. The first kappa shape index (κ1) is 15.4. The molecule has 17 heavy (non-hydrogen) atoms. The monoisotopic (exact) mass is 326 g/mol. The van der Waals surface area contributed by atoms with Gasteiger partial charge in [0.2, 0.25) is 0 Å². The summed E-state index contributed by atoms with van der Waals surface area (Å²) in [4.78, 5) is 0.184. The largest absolute Gasteiger partial charge is 0.279 e. The fraction of sp³-hybridized carbons (Fsp3) is 1.00. The third-order valence-corrected chi connectivity index (χ3v) is 6.05. The lowest BCUT2D eigenvalue weighted by Gasteiger charge is -2.22. The van der Waals surface area contributed by atoms with Gasteiger partial charge in [0.1, 0.15) is 0 Å². The zero-order valence-corrected chi connectivity index (χ0v) is 13.1. The molecule has 1 atom stereocenters. The lowest BCUT2D eigenvalue weighted by molar-refractivity contribution is 0.413. The van der Waals surface area contributed by atoms with Crippen LogP contribution in [-0.4, -0.2) is 37.2 Å². The maximum absolute atomic E-state index is 12.1. The molecule has 102 valence electrons. The van der Waals surface area contributed by atoms with Crippen LogP contribution in [0.5, 0.6) is 0 Å². The molecule has 1 aliphatic heterocycles. The quantitative estimate of drug-likeness (QED) is 0.787. The van der Waals surface area contributed by atoms with Gasteiger partial charge in [-0.1, -0.05) is 42.6 Å². The minimum absolute atomic E-state index is 0.184. The Morgan fingerprint density at radius 3 is 2.18 bits per heavy atom. The minimum Gasteiger partial charge on any atom is -0.201 e. The second kappa shape index (κ2) is 7.07. The molecule has 1 heterocycles. The van der Waals surface area contributed by atoms with E-state index >= 15 is 0 Å². The van der Waals surface area contributed by atoms with E-state index in [1.54, 1.807) is 4.31 Å². The number of alkyl halides is 1. The van der Waals surface area contributed by atoms with E-state index in [4.69, 9.17) is 0 Å². The lowest BCUT2D eigenvalue weighted by atomic mass is 10.1. The third kappa shape index (κ3) is 5.24. The molecule has 0 radical (unpaired) electrons. The van der Waals surface area contributed by atoms with Crippen molar-refractivity contribution in [3.8, 4) is 0 Å². The fourth-order valence-corrected chi connectivity index (χ4v) is 3.48. The Hall–Kier alpha value is 0.350. The van der Waals surface area contributed by atoms with Crippen molar-refractivity contribution < 1.29 is 8.42 Å². The maximum Gasteiger partial charge on any atom is 0.279 e. The van der Waals surface area contributed by atoms with Gasteiger partial charge in [-0.25, -0.2) is 4.72 Å². The Morgan fingerprint density at radius 2 is 1.71 bits per heavy atom. The van der Waals surface area contributed by atoms with Crippen LogP contribution in [0.2, 0.25) is 0 Å². The minimum atomic E-state index is -3.28. The van der Waals surface area contributed by atoms with Gasteiger partial charge >= 0.3 is 0 Å². The first-order valence-electron chi connectivity index (χ1n) is 6.32. The normalized spacial score (nSPS) is 21.4. The maximum atomic E-state index is 12.1. The van der Waals surface area contributed by atoms with E-state index in [0.717, 1.165) is 25.7 Å². The van der Waals surface area contributed by atoms with Crippen LogP contribution in [0, 0.1) is 5.92 Å². The number of halogens is 1. The molecule has 1 aliphatic rings. The second-order valence-corrected chi connectivity index (χ2v) is 7.86. The molecule has 0 aromatic rings. The van der Waals surface area contributed by atoms with Crippen LogP contribution in [0.4, 0.5) is 0 Å². The summed E-state index contributed by atoms with van der Waals surface area (Å²) in [7, 11) is -3.28. The SMILES string of the molecule is CC(C)C(Br)CNS(=O)(=O)N1CCCCCC1. The van der Waals surface area contributed by atoms with Gasteiger partial charge in [0.25, 0.3) is 10.2 Å². The van der Waals surface area contributed by atoms with Gasteiger partial charge in [-0.15, -0.1) is 0 Å². The van der Waals surface area contributed by atoms with Gasteiger partial charge in [-0.2, -0.15) is 12.7 Å². The van der Waals surface area contributed by atoms with Crippen LogP contribution in [0.25, 0.3) is 0 Å². The molecule has 0 aromatic carbocycles. The molecule has 0 aromatic heterocycles. The molecule has 0 bridgehead atoms. The van der Waals surface area contributed by atoms with Crippen molar-refractivity contribution in [2.75, 3.05) is 19.6 Å². The van der Waals surface area contributed by atoms with E-state index in [2.05, 4.69) is 34.5 Å². The highest BCUT2D eigenvalue weighted by Gasteiger charge is 2.23. The Morgan fingerprint density at radius 1 is 1.18 bits per heavy atom. The molecule has 1 saturated heterocycles. The number of nitrogens with zero attached hydrogens (tertiary/aromatic N) is 1. The average Bonchev–Trinajstić information content (AvgIpc) is 2.54. The van der Waals surface area contributed by atoms with E-state index in [0.29, 0.717) is 25.6 Å². The van der Waals surface area contributed by atoms with Crippen molar-refractivity contribution in [2.24, 2.45) is 5.92 Å². The van der Waals surface area contributed by atoms with Crippen molar-refractivity contribution in [3.63, 3.8) is 0 Å². The molecule has 1 rings (SSSR count). The van der Waals surface area contributed by atoms with Crippen LogP contribution in [0.3, 0.4) is 0 Å². The molecule has 1 N–H and O–H groups in total. The standard InChI is InChI=1S/C11H23BrN2O2S/c1-10(2)11(12)9-13-17(15,16)14-7-5-3-4-6-8-14/h10-11,13H,3-9H2,1-2H3. The topological polar surface area (TPSA) is 49.4 Å². The molecular formula is C11H23BrN2O2S. The van der Waals surface area contributed by atoms with Crippen LogP contribution in [-0.2, 0) is 10.2 Å². The molecule has 1 fully saturated rings.